The Bertz CT molecular complexity index is 314. The van der Waals surface area contributed by atoms with Gasteiger partial charge in [-0.25, -0.2) is 0 Å². The van der Waals surface area contributed by atoms with Crippen LogP contribution in [0.1, 0.15) is 15.2 Å². The molecule has 0 N–H and O–H groups in total. The molecule has 1 nitrogen and oxygen atoms in total. The first kappa shape index (κ1) is 9.53. The van der Waals surface area contributed by atoms with E-state index in [4.69, 9.17) is 4.74 Å². The van der Waals surface area contributed by atoms with Gasteiger partial charge in [0.2, 0.25) is 0 Å². The Morgan fingerprint density at radius 1 is 1.23 bits per heavy atom. The molecule has 1 unspecified atom stereocenters. The molecule has 70 valence electrons. The van der Waals surface area contributed by atoms with Crippen molar-refractivity contribution >= 4 is 18.4 Å². The predicted molar refractivity (Wildman–Crippen MR) is 57.3 cm³/mol. The van der Waals surface area contributed by atoms with Gasteiger partial charge in [-0.3, -0.25) is 0 Å². The van der Waals surface area contributed by atoms with E-state index in [0.29, 0.717) is 4.12 Å². The normalized spacial score (nSPS) is 21.6. The molecule has 0 spiro atoms. The predicted octanol–water partition coefficient (Wildman–Crippen LogP) is 3.14. The zero-order valence-electron chi connectivity index (χ0n) is 8.50. The maximum atomic E-state index is 5.88. The molecule has 0 radical (unpaired) electrons. The molecule has 0 fully saturated rings. The summed E-state index contributed by atoms with van der Waals surface area (Å²) in [6, 6.07) is 8.64. The topological polar surface area (TPSA) is 9.23 Å². The van der Waals surface area contributed by atoms with Crippen LogP contribution in [0.25, 0.3) is 0 Å². The van der Waals surface area contributed by atoms with Crippen LogP contribution in [0.5, 0.6) is 0 Å². The Morgan fingerprint density at radius 2 is 1.92 bits per heavy atom. The van der Waals surface area contributed by atoms with E-state index in [2.05, 4.69) is 39.1 Å². The van der Waals surface area contributed by atoms with Crippen molar-refractivity contribution in [3.05, 3.63) is 35.4 Å². The van der Waals surface area contributed by atoms with Crippen molar-refractivity contribution in [1.82, 2.24) is 0 Å². The molecule has 0 saturated heterocycles. The Morgan fingerprint density at radius 3 is 2.62 bits per heavy atom. The zero-order valence-corrected chi connectivity index (χ0v) is 11.4. The molecule has 0 aliphatic carbocycles. The number of benzene rings is 1. The number of ether oxygens (including phenoxy) is 1. The average molecular weight is 283 g/mol. The van der Waals surface area contributed by atoms with Crippen LogP contribution in [0.15, 0.2) is 24.3 Å². The molecule has 1 aromatic carbocycles. The van der Waals surface area contributed by atoms with Gasteiger partial charge in [0.1, 0.15) is 0 Å². The molecule has 0 saturated carbocycles. The minimum atomic E-state index is -1.91. The van der Waals surface area contributed by atoms with Gasteiger partial charge in [-0.2, -0.15) is 0 Å². The van der Waals surface area contributed by atoms with Crippen molar-refractivity contribution in [2.75, 3.05) is 0 Å². The Balaban J connectivity index is 2.39. The van der Waals surface area contributed by atoms with Crippen molar-refractivity contribution in [3.63, 3.8) is 0 Å². The van der Waals surface area contributed by atoms with Gasteiger partial charge >= 0.3 is 84.1 Å². The molecular weight excluding hydrogens is 267 g/mol. The first-order valence-electron chi connectivity index (χ1n) is 4.78. The summed E-state index contributed by atoms with van der Waals surface area (Å²) in [4.78, 5) is 7.30. The van der Waals surface area contributed by atoms with E-state index in [-0.39, 0.29) is 0 Å². The average Bonchev–Trinajstić information content (AvgIpc) is 2.45. The first-order valence-corrected chi connectivity index (χ1v) is 15.0. The van der Waals surface area contributed by atoms with Gasteiger partial charge in [0.05, 0.1) is 0 Å². The molecule has 2 heteroatoms. The van der Waals surface area contributed by atoms with Gasteiger partial charge in [-0.05, 0) is 0 Å². The van der Waals surface area contributed by atoms with Crippen LogP contribution in [-0.4, -0.2) is 18.4 Å². The van der Waals surface area contributed by atoms with E-state index in [1.165, 1.54) is 11.1 Å². The van der Waals surface area contributed by atoms with Crippen LogP contribution in [0, 0.1) is 0 Å². The monoisotopic (exact) mass is 284 g/mol. The van der Waals surface area contributed by atoms with Crippen molar-refractivity contribution in [2.24, 2.45) is 0 Å². The summed E-state index contributed by atoms with van der Waals surface area (Å²) in [7, 11) is 0. The first-order chi connectivity index (χ1) is 6.09. The molecule has 0 aromatic heterocycles. The van der Waals surface area contributed by atoms with Gasteiger partial charge in [0.15, 0.2) is 0 Å². The molecule has 1 aliphatic heterocycles. The third kappa shape index (κ3) is 1.77. The molecule has 0 bridgehead atoms. The van der Waals surface area contributed by atoms with E-state index in [1.807, 2.05) is 0 Å². The van der Waals surface area contributed by atoms with Gasteiger partial charge in [-0.15, -0.1) is 0 Å². The molecule has 13 heavy (non-hydrogen) atoms. The molecule has 1 aliphatic rings. The summed E-state index contributed by atoms with van der Waals surface area (Å²) < 4.78 is 6.36. The third-order valence-electron chi connectivity index (χ3n) is 2.53. The van der Waals surface area contributed by atoms with Crippen molar-refractivity contribution in [3.8, 4) is 0 Å². The zero-order chi connectivity index (χ0) is 9.47. The van der Waals surface area contributed by atoms with Crippen molar-refractivity contribution in [2.45, 2.75) is 25.5 Å². The Kier molecular flexibility index (Phi) is 2.41. The van der Waals surface area contributed by atoms with Crippen LogP contribution in [0.2, 0.25) is 14.8 Å². The number of fused-ring (bicyclic) bond motifs is 1. The van der Waals surface area contributed by atoms with E-state index in [1.54, 1.807) is 0 Å². The van der Waals surface area contributed by atoms with Crippen LogP contribution < -0.4 is 0 Å². The molecule has 1 heterocycles. The Hall–Kier alpha value is -0.0213. The summed E-state index contributed by atoms with van der Waals surface area (Å²) in [6.07, 6.45) is 0. The second-order valence-corrected chi connectivity index (χ2v) is 19.8. The van der Waals surface area contributed by atoms with Crippen LogP contribution in [-0.2, 0) is 11.3 Å². The Labute approximate surface area is 84.0 Å². The van der Waals surface area contributed by atoms with Gasteiger partial charge in [0.25, 0.3) is 0 Å². The van der Waals surface area contributed by atoms with Gasteiger partial charge in [-0.1, -0.05) is 0 Å². The fourth-order valence-corrected chi connectivity index (χ4v) is 7.03. The van der Waals surface area contributed by atoms with Crippen LogP contribution in [0.4, 0.5) is 0 Å². The van der Waals surface area contributed by atoms with E-state index in [0.717, 1.165) is 6.61 Å². The standard InChI is InChI=1S/C8H7O.3CH3.Sn/c1-2-4-8-6-9-5-7(8)3-1;;;;/h1-5H,6H2;3*1H3;. The number of hydrogen-bond donors (Lipinski definition) is 0. The summed E-state index contributed by atoms with van der Waals surface area (Å²) >= 11 is -1.91. The fraction of sp³-hybridized carbons (Fsp3) is 0.455. The van der Waals surface area contributed by atoms with Crippen LogP contribution >= 0.6 is 0 Å². The maximum absolute atomic E-state index is 5.88. The summed E-state index contributed by atoms with van der Waals surface area (Å²) in [5, 5.41) is 0. The molecular formula is C11H16OSn. The van der Waals surface area contributed by atoms with Gasteiger partial charge in [0, 0.05) is 0 Å². The second kappa shape index (κ2) is 3.28. The van der Waals surface area contributed by atoms with Crippen molar-refractivity contribution in [1.29, 1.82) is 0 Å². The van der Waals surface area contributed by atoms with E-state index >= 15 is 0 Å². The summed E-state index contributed by atoms with van der Waals surface area (Å²) in [5.41, 5.74) is 2.87. The van der Waals surface area contributed by atoms with Crippen molar-refractivity contribution < 1.29 is 4.74 Å². The van der Waals surface area contributed by atoms with Crippen LogP contribution in [0.3, 0.4) is 0 Å². The molecule has 1 atom stereocenters. The van der Waals surface area contributed by atoms with Gasteiger partial charge < -0.3 is 0 Å². The van der Waals surface area contributed by atoms with E-state index in [9.17, 15) is 0 Å². The minimum absolute atomic E-state index is 0.477. The summed E-state index contributed by atoms with van der Waals surface area (Å²) in [5.74, 6) is 0. The fourth-order valence-electron chi connectivity index (χ4n) is 1.90. The van der Waals surface area contributed by atoms with E-state index < -0.39 is 18.4 Å². The number of rotatable bonds is 1. The number of hydrogen-bond acceptors (Lipinski definition) is 1. The third-order valence-corrected chi connectivity index (χ3v) is 8.38. The molecule has 1 aromatic rings. The second-order valence-electron chi connectivity index (χ2n) is 4.76. The quantitative estimate of drug-likeness (QED) is 0.719. The summed E-state index contributed by atoms with van der Waals surface area (Å²) in [6.45, 7) is 0.828. The molecule has 0 amide bonds. The molecule has 2 rings (SSSR count). The SMILES string of the molecule is [CH3][Sn]([CH3])([CH3])[CH]1OCc2ccccc21.